The van der Waals surface area contributed by atoms with E-state index in [0.29, 0.717) is 11.4 Å². The minimum absolute atomic E-state index is 0.141. The fourth-order valence-corrected chi connectivity index (χ4v) is 1.25. The van der Waals surface area contributed by atoms with Crippen LogP contribution in [0.4, 0.5) is 0 Å². The van der Waals surface area contributed by atoms with Crippen LogP contribution in [0.15, 0.2) is 24.5 Å². The Hall–Kier alpha value is -2.04. The number of nitrogens with zero attached hydrogens (tertiary/aromatic N) is 2. The highest BCUT2D eigenvalue weighted by Gasteiger charge is 2.09. The molecule has 0 radical (unpaired) electrons. The van der Waals surface area contributed by atoms with Gasteiger partial charge in [-0.15, -0.1) is 0 Å². The van der Waals surface area contributed by atoms with Crippen LogP contribution in [0, 0.1) is 0 Å². The Morgan fingerprint density at radius 1 is 1.64 bits per heavy atom. The van der Waals surface area contributed by atoms with Crippen molar-refractivity contribution in [3.05, 3.63) is 30.2 Å². The van der Waals surface area contributed by atoms with E-state index in [1.165, 1.54) is 10.6 Å². The maximum atomic E-state index is 10.7. The van der Waals surface area contributed by atoms with Crippen LogP contribution in [-0.2, 0) is 0 Å². The van der Waals surface area contributed by atoms with Crippen LogP contribution >= 0.6 is 0 Å². The molecule has 2 aromatic rings. The molecule has 0 spiro atoms. The van der Waals surface area contributed by atoms with E-state index in [0.717, 1.165) is 0 Å². The Morgan fingerprint density at radius 2 is 2.43 bits per heavy atom. The molecule has 1 N–H and O–H groups in total. The fraction of sp³-hybridized carbons (Fsp3) is 0.111. The number of rotatable bonds is 2. The highest BCUT2D eigenvalue weighted by Crippen LogP contribution is 2.14. The van der Waals surface area contributed by atoms with Gasteiger partial charge in [-0.25, -0.2) is 9.78 Å². The van der Waals surface area contributed by atoms with Gasteiger partial charge < -0.3 is 9.84 Å². The zero-order valence-electron chi connectivity index (χ0n) is 7.47. The second-order valence-corrected chi connectivity index (χ2v) is 2.74. The minimum Gasteiger partial charge on any atom is -0.497 e. The number of ether oxygens (including phenoxy) is 1. The number of aromatic nitrogens is 2. The molecular weight excluding hydrogens is 184 g/mol. The average Bonchev–Trinajstić information content (AvgIpc) is 2.59. The normalized spacial score (nSPS) is 10.4. The molecule has 0 saturated heterocycles. The molecule has 0 aromatic carbocycles. The van der Waals surface area contributed by atoms with Gasteiger partial charge >= 0.3 is 5.97 Å². The first-order chi connectivity index (χ1) is 6.72. The number of hydrogen-bond acceptors (Lipinski definition) is 3. The van der Waals surface area contributed by atoms with E-state index in [9.17, 15) is 4.79 Å². The Balaban J connectivity index is 2.65. The van der Waals surface area contributed by atoms with Crippen LogP contribution in [0.1, 0.15) is 10.5 Å². The van der Waals surface area contributed by atoms with Crippen molar-refractivity contribution in [3.63, 3.8) is 0 Å². The van der Waals surface area contributed by atoms with Crippen LogP contribution in [0.3, 0.4) is 0 Å². The first-order valence-corrected chi connectivity index (χ1v) is 3.97. The van der Waals surface area contributed by atoms with Gasteiger partial charge in [-0.05, 0) is 6.07 Å². The number of methoxy groups -OCH3 is 1. The Bertz CT molecular complexity index is 490. The highest BCUT2D eigenvalue weighted by molar-refractivity contribution is 5.86. The van der Waals surface area contributed by atoms with Crippen molar-refractivity contribution in [3.8, 4) is 5.75 Å². The zero-order chi connectivity index (χ0) is 10.1. The van der Waals surface area contributed by atoms with E-state index in [1.807, 2.05) is 0 Å². The maximum Gasteiger partial charge on any atom is 0.354 e. The lowest BCUT2D eigenvalue weighted by molar-refractivity contribution is 0.0689. The van der Waals surface area contributed by atoms with Crippen LogP contribution in [-0.4, -0.2) is 27.6 Å². The summed E-state index contributed by atoms with van der Waals surface area (Å²) in [6, 6.07) is 3.35. The fourth-order valence-electron chi connectivity index (χ4n) is 1.25. The van der Waals surface area contributed by atoms with E-state index in [-0.39, 0.29) is 5.69 Å². The number of fused-ring (bicyclic) bond motifs is 1. The van der Waals surface area contributed by atoms with Gasteiger partial charge in [0.25, 0.3) is 0 Å². The lowest BCUT2D eigenvalue weighted by Gasteiger charge is -2.00. The molecule has 0 amide bonds. The van der Waals surface area contributed by atoms with Crippen LogP contribution in [0.2, 0.25) is 0 Å². The number of carboxylic acid groups (broad SMARTS) is 1. The first kappa shape index (κ1) is 8.55. The van der Waals surface area contributed by atoms with Gasteiger partial charge in [0.15, 0.2) is 5.69 Å². The van der Waals surface area contributed by atoms with Crippen LogP contribution in [0.25, 0.3) is 5.65 Å². The molecule has 5 nitrogen and oxygen atoms in total. The van der Waals surface area contributed by atoms with Crippen molar-refractivity contribution in [1.29, 1.82) is 0 Å². The molecule has 0 aliphatic heterocycles. The average molecular weight is 192 g/mol. The minimum atomic E-state index is -0.998. The molecule has 14 heavy (non-hydrogen) atoms. The molecule has 0 aliphatic rings. The third kappa shape index (κ3) is 1.19. The standard InChI is InChI=1S/C9H8N2O3/c1-14-6-2-3-11-7(9(12)13)5-10-8(11)4-6/h2-5H,1H3,(H,12,13). The summed E-state index contributed by atoms with van der Waals surface area (Å²) in [5, 5.41) is 8.81. The summed E-state index contributed by atoms with van der Waals surface area (Å²) in [4.78, 5) is 14.7. The van der Waals surface area contributed by atoms with Gasteiger partial charge in [0.2, 0.25) is 0 Å². The molecule has 72 valence electrons. The lowest BCUT2D eigenvalue weighted by Crippen LogP contribution is -2.00. The Labute approximate surface area is 79.6 Å². The summed E-state index contributed by atoms with van der Waals surface area (Å²) in [5.41, 5.74) is 0.699. The lowest BCUT2D eigenvalue weighted by atomic mass is 10.4. The molecule has 0 saturated carbocycles. The van der Waals surface area contributed by atoms with Gasteiger partial charge in [-0.1, -0.05) is 0 Å². The molecule has 2 heterocycles. The van der Waals surface area contributed by atoms with E-state index in [1.54, 1.807) is 25.4 Å². The largest absolute Gasteiger partial charge is 0.497 e. The summed E-state index contributed by atoms with van der Waals surface area (Å²) in [6.07, 6.45) is 2.93. The quantitative estimate of drug-likeness (QED) is 0.772. The highest BCUT2D eigenvalue weighted by atomic mass is 16.5. The number of carbonyl (C=O) groups is 1. The summed E-state index contributed by atoms with van der Waals surface area (Å²) in [7, 11) is 1.55. The van der Waals surface area contributed by atoms with Crippen molar-refractivity contribution >= 4 is 11.6 Å². The van der Waals surface area contributed by atoms with Gasteiger partial charge in [0.05, 0.1) is 13.3 Å². The van der Waals surface area contributed by atoms with Gasteiger partial charge in [0.1, 0.15) is 11.4 Å². The van der Waals surface area contributed by atoms with Gasteiger partial charge in [-0.2, -0.15) is 0 Å². The summed E-state index contributed by atoms with van der Waals surface area (Å²) in [5.74, 6) is -0.345. The number of imidazole rings is 1. The predicted octanol–water partition coefficient (Wildman–Crippen LogP) is 1.04. The molecule has 2 aromatic heterocycles. The topological polar surface area (TPSA) is 63.8 Å². The van der Waals surface area contributed by atoms with Crippen molar-refractivity contribution < 1.29 is 14.6 Å². The van der Waals surface area contributed by atoms with E-state index in [2.05, 4.69) is 4.98 Å². The Morgan fingerprint density at radius 3 is 3.07 bits per heavy atom. The van der Waals surface area contributed by atoms with E-state index in [4.69, 9.17) is 9.84 Å². The molecule has 0 fully saturated rings. The Kier molecular flexibility index (Phi) is 1.85. The second-order valence-electron chi connectivity index (χ2n) is 2.74. The monoisotopic (exact) mass is 192 g/mol. The van der Waals surface area contributed by atoms with Gasteiger partial charge in [0, 0.05) is 12.3 Å². The molecule has 0 unspecified atom stereocenters. The third-order valence-electron chi connectivity index (χ3n) is 1.94. The summed E-state index contributed by atoms with van der Waals surface area (Å²) >= 11 is 0. The molecule has 2 rings (SSSR count). The number of pyridine rings is 1. The van der Waals surface area contributed by atoms with E-state index >= 15 is 0 Å². The molecule has 0 atom stereocenters. The second kappa shape index (κ2) is 3.02. The first-order valence-electron chi connectivity index (χ1n) is 3.97. The molecule has 0 bridgehead atoms. The van der Waals surface area contributed by atoms with Crippen molar-refractivity contribution in [2.24, 2.45) is 0 Å². The third-order valence-corrected chi connectivity index (χ3v) is 1.94. The summed E-state index contributed by atoms with van der Waals surface area (Å²) < 4.78 is 6.48. The number of carboxylic acids is 1. The van der Waals surface area contributed by atoms with Crippen molar-refractivity contribution in [1.82, 2.24) is 9.38 Å². The molecule has 5 heteroatoms. The number of aromatic carboxylic acids is 1. The smallest absolute Gasteiger partial charge is 0.354 e. The van der Waals surface area contributed by atoms with Crippen LogP contribution in [0.5, 0.6) is 5.75 Å². The van der Waals surface area contributed by atoms with E-state index < -0.39 is 5.97 Å². The molecule has 0 aliphatic carbocycles. The SMILES string of the molecule is COc1ccn2c(C(=O)O)cnc2c1. The van der Waals surface area contributed by atoms with Gasteiger partial charge in [-0.3, -0.25) is 4.40 Å². The zero-order valence-corrected chi connectivity index (χ0v) is 7.47. The van der Waals surface area contributed by atoms with Crippen molar-refractivity contribution in [2.45, 2.75) is 0 Å². The van der Waals surface area contributed by atoms with Crippen LogP contribution < -0.4 is 4.74 Å². The predicted molar refractivity (Wildman–Crippen MR) is 48.7 cm³/mol. The summed E-state index contributed by atoms with van der Waals surface area (Å²) in [6.45, 7) is 0. The number of hydrogen-bond donors (Lipinski definition) is 1. The van der Waals surface area contributed by atoms with Crippen molar-refractivity contribution in [2.75, 3.05) is 7.11 Å². The molecular formula is C9H8N2O3. The maximum absolute atomic E-state index is 10.7.